The third-order valence-corrected chi connectivity index (χ3v) is 4.34. The van der Waals surface area contributed by atoms with E-state index in [1.54, 1.807) is 7.11 Å². The predicted molar refractivity (Wildman–Crippen MR) is 84.4 cm³/mol. The Bertz CT molecular complexity index is 941. The molecule has 2 aromatic heterocycles. The van der Waals surface area contributed by atoms with E-state index in [4.69, 9.17) is 18.6 Å². The van der Waals surface area contributed by atoms with E-state index >= 15 is 0 Å². The molecule has 1 aliphatic rings. The van der Waals surface area contributed by atoms with E-state index in [0.717, 1.165) is 12.1 Å². The number of methoxy groups -OCH3 is 1. The van der Waals surface area contributed by atoms with Crippen LogP contribution in [0.25, 0.3) is 10.9 Å². The first-order valence-corrected chi connectivity index (χ1v) is 7.94. The summed E-state index contributed by atoms with van der Waals surface area (Å²) >= 11 is 0. The average Bonchev–Trinajstić information content (AvgIpc) is 3.33. The molecule has 0 aliphatic carbocycles. The fourth-order valence-corrected chi connectivity index (χ4v) is 2.88. The lowest BCUT2D eigenvalue weighted by atomic mass is 10.0. The molecule has 1 fully saturated rings. The Balaban J connectivity index is 1.57. The van der Waals surface area contributed by atoms with Crippen LogP contribution in [-0.2, 0) is 21.7 Å². The van der Waals surface area contributed by atoms with Crippen LogP contribution in [0.4, 0.5) is 8.78 Å². The molecule has 3 heterocycles. The van der Waals surface area contributed by atoms with Crippen molar-refractivity contribution in [2.24, 2.45) is 0 Å². The third kappa shape index (κ3) is 2.78. The number of aromatic nitrogens is 3. The van der Waals surface area contributed by atoms with Crippen LogP contribution in [0.1, 0.15) is 18.2 Å². The lowest BCUT2D eigenvalue weighted by molar-refractivity contribution is -0.0420. The molecule has 3 aromatic rings. The van der Waals surface area contributed by atoms with Gasteiger partial charge in [0.05, 0.1) is 18.6 Å². The summed E-state index contributed by atoms with van der Waals surface area (Å²) in [4.78, 5) is 3.86. The van der Waals surface area contributed by atoms with E-state index in [-0.39, 0.29) is 29.2 Å². The molecular formula is C17H15F2N3O4. The van der Waals surface area contributed by atoms with Crippen molar-refractivity contribution < 1.29 is 27.4 Å². The van der Waals surface area contributed by atoms with Gasteiger partial charge >= 0.3 is 0 Å². The summed E-state index contributed by atoms with van der Waals surface area (Å²) in [6.07, 6.45) is 1.95. The van der Waals surface area contributed by atoms with E-state index in [0.29, 0.717) is 25.5 Å². The maximum Gasteiger partial charge on any atom is 0.254 e. The number of nitrogens with zero attached hydrogens (tertiary/aromatic N) is 3. The molecule has 9 heteroatoms. The van der Waals surface area contributed by atoms with Gasteiger partial charge in [0.25, 0.3) is 11.8 Å². The summed E-state index contributed by atoms with van der Waals surface area (Å²) in [6.45, 7) is 0.754. The minimum absolute atomic E-state index is 0.0372. The monoisotopic (exact) mass is 363 g/mol. The van der Waals surface area contributed by atoms with Crippen LogP contribution in [0, 0.1) is 11.6 Å². The SMILES string of the molecule is COC1(c2nnc(COc3ccnc4c(F)ccc(F)c34)o2)CCOC1. The van der Waals surface area contributed by atoms with Crippen LogP contribution in [0.2, 0.25) is 0 Å². The summed E-state index contributed by atoms with van der Waals surface area (Å²) in [5.41, 5.74) is -0.862. The Kier molecular flexibility index (Phi) is 4.25. The molecule has 1 aliphatic heterocycles. The standard InChI is InChI=1S/C17H15F2N3O4/c1-23-17(5-7-24-9-17)16-22-21-13(26-16)8-25-12-4-6-20-15-11(19)3-2-10(18)14(12)15/h2-4,6H,5,7-9H2,1H3. The molecule has 0 amide bonds. The summed E-state index contributed by atoms with van der Waals surface area (Å²) in [6, 6.07) is 3.50. The van der Waals surface area contributed by atoms with Crippen molar-refractivity contribution in [1.29, 1.82) is 0 Å². The second-order valence-electron chi connectivity index (χ2n) is 5.85. The molecule has 0 bridgehead atoms. The molecule has 1 atom stereocenters. The highest BCUT2D eigenvalue weighted by molar-refractivity contribution is 5.85. The van der Waals surface area contributed by atoms with Gasteiger partial charge in [-0.2, -0.15) is 0 Å². The molecule has 4 rings (SSSR count). The minimum atomic E-state index is -0.760. The predicted octanol–water partition coefficient (Wildman–Crippen LogP) is 2.74. The maximum atomic E-state index is 14.1. The van der Waals surface area contributed by atoms with Gasteiger partial charge in [-0.1, -0.05) is 0 Å². The highest BCUT2D eigenvalue weighted by Crippen LogP contribution is 2.33. The van der Waals surface area contributed by atoms with Crippen LogP contribution in [-0.4, -0.2) is 35.5 Å². The van der Waals surface area contributed by atoms with Crippen molar-refractivity contribution >= 4 is 10.9 Å². The lowest BCUT2D eigenvalue weighted by Crippen LogP contribution is -2.29. The van der Waals surface area contributed by atoms with Gasteiger partial charge in [0, 0.05) is 19.7 Å². The summed E-state index contributed by atoms with van der Waals surface area (Å²) in [5.74, 6) is -0.636. The van der Waals surface area contributed by atoms with Crippen molar-refractivity contribution in [2.75, 3.05) is 20.3 Å². The molecule has 136 valence electrons. The number of pyridine rings is 1. The van der Waals surface area contributed by atoms with E-state index in [2.05, 4.69) is 15.2 Å². The van der Waals surface area contributed by atoms with Gasteiger partial charge in [-0.05, 0) is 18.2 Å². The number of halogens is 2. The normalized spacial score (nSPS) is 20.0. The number of fused-ring (bicyclic) bond motifs is 1. The summed E-state index contributed by atoms with van der Waals surface area (Å²) < 4.78 is 49.9. The van der Waals surface area contributed by atoms with Gasteiger partial charge < -0.3 is 18.6 Å². The van der Waals surface area contributed by atoms with E-state index in [1.165, 1.54) is 12.3 Å². The molecule has 0 saturated carbocycles. The van der Waals surface area contributed by atoms with Gasteiger partial charge in [-0.15, -0.1) is 10.2 Å². The third-order valence-electron chi connectivity index (χ3n) is 4.34. The Hall–Kier alpha value is -2.65. The molecule has 1 unspecified atom stereocenters. The second kappa shape index (κ2) is 6.58. The molecule has 0 radical (unpaired) electrons. The van der Waals surface area contributed by atoms with E-state index in [9.17, 15) is 8.78 Å². The molecule has 0 spiro atoms. The number of ether oxygens (including phenoxy) is 3. The largest absolute Gasteiger partial charge is 0.483 e. The smallest absolute Gasteiger partial charge is 0.254 e. The van der Waals surface area contributed by atoms with Crippen molar-refractivity contribution in [3.05, 3.63) is 47.8 Å². The molecule has 1 aromatic carbocycles. The average molecular weight is 363 g/mol. The Labute approximate surface area is 146 Å². The van der Waals surface area contributed by atoms with Crippen molar-refractivity contribution in [2.45, 2.75) is 18.6 Å². The molecule has 1 saturated heterocycles. The first kappa shape index (κ1) is 16.8. The van der Waals surface area contributed by atoms with Gasteiger partial charge in [-0.25, -0.2) is 8.78 Å². The van der Waals surface area contributed by atoms with Crippen LogP contribution >= 0.6 is 0 Å². The Morgan fingerprint density at radius 3 is 2.81 bits per heavy atom. The van der Waals surface area contributed by atoms with Gasteiger partial charge in [0.15, 0.2) is 12.2 Å². The van der Waals surface area contributed by atoms with E-state index in [1.807, 2.05) is 0 Å². The van der Waals surface area contributed by atoms with Crippen LogP contribution in [0.15, 0.2) is 28.8 Å². The van der Waals surface area contributed by atoms with Crippen LogP contribution in [0.5, 0.6) is 5.75 Å². The zero-order valence-corrected chi connectivity index (χ0v) is 13.9. The second-order valence-corrected chi connectivity index (χ2v) is 5.85. The van der Waals surface area contributed by atoms with E-state index < -0.39 is 17.2 Å². The Morgan fingerprint density at radius 2 is 2.04 bits per heavy atom. The molecule has 26 heavy (non-hydrogen) atoms. The van der Waals surface area contributed by atoms with Gasteiger partial charge in [0.1, 0.15) is 22.9 Å². The zero-order chi connectivity index (χ0) is 18.1. The highest BCUT2D eigenvalue weighted by Gasteiger charge is 2.42. The van der Waals surface area contributed by atoms with Gasteiger partial charge in [-0.3, -0.25) is 4.98 Å². The summed E-state index contributed by atoms with van der Waals surface area (Å²) in [5, 5.41) is 7.89. The van der Waals surface area contributed by atoms with Crippen LogP contribution in [0.3, 0.4) is 0 Å². The van der Waals surface area contributed by atoms with Gasteiger partial charge in [0.2, 0.25) is 0 Å². The number of rotatable bonds is 5. The van der Waals surface area contributed by atoms with Crippen molar-refractivity contribution in [3.8, 4) is 5.75 Å². The summed E-state index contributed by atoms with van der Waals surface area (Å²) in [7, 11) is 1.55. The fourth-order valence-electron chi connectivity index (χ4n) is 2.88. The minimum Gasteiger partial charge on any atom is -0.483 e. The molecule has 0 N–H and O–H groups in total. The van der Waals surface area contributed by atoms with Crippen molar-refractivity contribution in [3.63, 3.8) is 0 Å². The topological polar surface area (TPSA) is 79.5 Å². The Morgan fingerprint density at radius 1 is 1.19 bits per heavy atom. The first-order valence-electron chi connectivity index (χ1n) is 7.94. The number of hydrogen-bond donors (Lipinski definition) is 0. The lowest BCUT2D eigenvalue weighted by Gasteiger charge is -2.20. The van der Waals surface area contributed by atoms with Crippen LogP contribution < -0.4 is 4.74 Å². The van der Waals surface area contributed by atoms with Crippen molar-refractivity contribution in [1.82, 2.24) is 15.2 Å². The number of hydrogen-bond acceptors (Lipinski definition) is 7. The number of benzene rings is 1. The first-order chi connectivity index (χ1) is 12.6. The maximum absolute atomic E-state index is 14.1. The fraction of sp³-hybridized carbons (Fsp3) is 0.353. The highest BCUT2D eigenvalue weighted by atomic mass is 19.1. The zero-order valence-electron chi connectivity index (χ0n) is 13.9. The molecule has 7 nitrogen and oxygen atoms in total. The quantitative estimate of drug-likeness (QED) is 0.689. The molecular weight excluding hydrogens is 348 g/mol.